The van der Waals surface area contributed by atoms with Crippen LogP contribution in [0.25, 0.3) is 22.4 Å². The van der Waals surface area contributed by atoms with E-state index in [1.54, 1.807) is 44.6 Å². The molecule has 0 aliphatic carbocycles. The number of rotatable bonds is 9. The van der Waals surface area contributed by atoms with Gasteiger partial charge in [0.1, 0.15) is 22.6 Å². The highest BCUT2D eigenvalue weighted by molar-refractivity contribution is 7.99. The maximum atomic E-state index is 12.6. The second kappa shape index (κ2) is 12.7. The van der Waals surface area contributed by atoms with E-state index in [1.807, 2.05) is 42.5 Å². The number of carbonyl (C=O) groups excluding carboxylic acids is 1. The van der Waals surface area contributed by atoms with Crippen LogP contribution in [0.5, 0.6) is 11.5 Å². The van der Waals surface area contributed by atoms with Crippen LogP contribution >= 0.6 is 35.0 Å². The fourth-order valence-electron chi connectivity index (χ4n) is 3.82. The molecule has 0 bridgehead atoms. The molecule has 1 N–H and O–H groups in total. The summed E-state index contributed by atoms with van der Waals surface area (Å²) in [6.45, 7) is 0. The number of hydrogen-bond acceptors (Lipinski definition) is 6. The molecule has 3 aromatic carbocycles. The zero-order chi connectivity index (χ0) is 27.1. The predicted octanol–water partition coefficient (Wildman–Crippen LogP) is 7.73. The van der Waals surface area contributed by atoms with Gasteiger partial charge in [-0.05, 0) is 42.5 Å². The maximum absolute atomic E-state index is 12.6. The average molecular weight is 564 g/mol. The number of benzene rings is 3. The lowest BCUT2D eigenvalue weighted by Crippen LogP contribution is -2.12. The molecular formula is C29H23Cl2N3O3S. The van der Waals surface area contributed by atoms with E-state index in [0.717, 1.165) is 5.56 Å². The maximum Gasteiger partial charge on any atom is 0.225 e. The molecule has 1 heterocycles. The normalized spacial score (nSPS) is 10.5. The van der Waals surface area contributed by atoms with Crippen LogP contribution < -0.4 is 14.8 Å². The Morgan fingerprint density at radius 3 is 2.37 bits per heavy atom. The van der Waals surface area contributed by atoms with E-state index in [0.29, 0.717) is 60.4 Å². The Bertz CT molecular complexity index is 1490. The minimum Gasteiger partial charge on any atom is -0.497 e. The fourth-order valence-corrected chi connectivity index (χ4v) is 5.29. The molecule has 1 aromatic heterocycles. The zero-order valence-corrected chi connectivity index (χ0v) is 23.0. The smallest absolute Gasteiger partial charge is 0.225 e. The van der Waals surface area contributed by atoms with E-state index in [1.165, 1.54) is 11.8 Å². The number of hydrogen-bond donors (Lipinski definition) is 1. The molecule has 38 heavy (non-hydrogen) atoms. The lowest BCUT2D eigenvalue weighted by molar-refractivity contribution is -0.115. The van der Waals surface area contributed by atoms with Crippen molar-refractivity contribution in [1.29, 1.82) is 5.26 Å². The number of methoxy groups -OCH3 is 2. The summed E-state index contributed by atoms with van der Waals surface area (Å²) in [7, 11) is 3.17. The molecule has 192 valence electrons. The summed E-state index contributed by atoms with van der Waals surface area (Å²) in [5.74, 6) is 1.43. The molecule has 9 heteroatoms. The number of carbonyl (C=O) groups is 1. The number of aromatic nitrogens is 1. The van der Waals surface area contributed by atoms with E-state index in [-0.39, 0.29) is 12.3 Å². The highest BCUT2D eigenvalue weighted by Crippen LogP contribution is 2.40. The summed E-state index contributed by atoms with van der Waals surface area (Å²) in [5.41, 5.74) is 3.88. The summed E-state index contributed by atoms with van der Waals surface area (Å²) in [4.78, 5) is 17.4. The van der Waals surface area contributed by atoms with Crippen LogP contribution in [0.1, 0.15) is 12.0 Å². The number of nitriles is 1. The number of thioether (sulfide) groups is 1. The first-order valence-corrected chi connectivity index (χ1v) is 13.3. The first kappa shape index (κ1) is 27.3. The Morgan fingerprint density at radius 2 is 1.71 bits per heavy atom. The van der Waals surface area contributed by atoms with Gasteiger partial charge in [-0.2, -0.15) is 5.26 Å². The van der Waals surface area contributed by atoms with E-state index < -0.39 is 0 Å². The molecule has 0 spiro atoms. The number of nitrogens with one attached hydrogen (secondary N) is 1. The molecule has 4 rings (SSSR count). The summed E-state index contributed by atoms with van der Waals surface area (Å²) in [6, 6.07) is 24.2. The molecule has 0 fully saturated rings. The van der Waals surface area contributed by atoms with Crippen molar-refractivity contribution in [1.82, 2.24) is 4.98 Å². The van der Waals surface area contributed by atoms with Crippen LogP contribution in [-0.2, 0) is 4.79 Å². The molecule has 0 aliphatic heterocycles. The summed E-state index contributed by atoms with van der Waals surface area (Å²) >= 11 is 13.4. The molecular weight excluding hydrogens is 541 g/mol. The van der Waals surface area contributed by atoms with Gasteiger partial charge in [0.05, 0.1) is 25.5 Å². The quantitative estimate of drug-likeness (QED) is 0.210. The largest absolute Gasteiger partial charge is 0.497 e. The summed E-state index contributed by atoms with van der Waals surface area (Å²) in [5, 5.41) is 14.4. The molecule has 6 nitrogen and oxygen atoms in total. The minimum absolute atomic E-state index is 0.189. The Labute approximate surface area is 235 Å². The molecule has 0 unspecified atom stereocenters. The van der Waals surface area contributed by atoms with Crippen LogP contribution in [0.2, 0.25) is 10.0 Å². The number of nitrogens with zero attached hydrogens (tertiary/aromatic N) is 2. The van der Waals surface area contributed by atoms with Crippen molar-refractivity contribution >= 4 is 46.6 Å². The van der Waals surface area contributed by atoms with Crippen LogP contribution in [0.4, 0.5) is 5.69 Å². The van der Waals surface area contributed by atoms with E-state index in [2.05, 4.69) is 11.4 Å². The Balaban J connectivity index is 1.67. The first-order chi connectivity index (χ1) is 18.4. The van der Waals surface area contributed by atoms with Gasteiger partial charge >= 0.3 is 0 Å². The topological polar surface area (TPSA) is 84.2 Å². The molecule has 0 atom stereocenters. The van der Waals surface area contributed by atoms with Gasteiger partial charge in [0.25, 0.3) is 0 Å². The van der Waals surface area contributed by atoms with Crippen molar-refractivity contribution < 1.29 is 14.3 Å². The number of pyridine rings is 1. The second-order valence-electron chi connectivity index (χ2n) is 8.08. The van der Waals surface area contributed by atoms with Gasteiger partial charge < -0.3 is 14.8 Å². The number of ether oxygens (including phenoxy) is 2. The Morgan fingerprint density at radius 1 is 0.974 bits per heavy atom. The van der Waals surface area contributed by atoms with Crippen molar-refractivity contribution in [2.75, 3.05) is 25.3 Å². The van der Waals surface area contributed by atoms with E-state index in [4.69, 9.17) is 37.7 Å². The van der Waals surface area contributed by atoms with E-state index in [9.17, 15) is 10.1 Å². The van der Waals surface area contributed by atoms with Crippen molar-refractivity contribution in [2.45, 2.75) is 11.4 Å². The number of halogens is 2. The SMILES string of the molecule is COc1ccc(OC)c(-c2cc(-c3ccccc3)nc(SCCC(=O)Nc3cc(Cl)cc(Cl)c3)c2C#N)c1. The predicted molar refractivity (Wildman–Crippen MR) is 153 cm³/mol. The van der Waals surface area contributed by atoms with Crippen molar-refractivity contribution in [3.63, 3.8) is 0 Å². The second-order valence-corrected chi connectivity index (χ2v) is 10.0. The van der Waals surface area contributed by atoms with Gasteiger partial charge in [0.2, 0.25) is 5.91 Å². The molecule has 0 saturated carbocycles. The first-order valence-electron chi connectivity index (χ1n) is 11.5. The van der Waals surface area contributed by atoms with Gasteiger partial charge in [0, 0.05) is 44.6 Å². The number of anilines is 1. The minimum atomic E-state index is -0.205. The molecule has 4 aromatic rings. The van der Waals surface area contributed by atoms with E-state index >= 15 is 0 Å². The molecule has 0 radical (unpaired) electrons. The number of amides is 1. The van der Waals surface area contributed by atoms with Crippen LogP contribution in [0.3, 0.4) is 0 Å². The fraction of sp³-hybridized carbons (Fsp3) is 0.138. The highest BCUT2D eigenvalue weighted by Gasteiger charge is 2.19. The van der Waals surface area contributed by atoms with Gasteiger partial charge in [-0.25, -0.2) is 4.98 Å². The van der Waals surface area contributed by atoms with Crippen molar-refractivity contribution in [3.8, 4) is 40.0 Å². The third kappa shape index (κ3) is 6.59. The van der Waals surface area contributed by atoms with Crippen molar-refractivity contribution in [2.24, 2.45) is 0 Å². The zero-order valence-electron chi connectivity index (χ0n) is 20.6. The third-order valence-corrected chi connectivity index (χ3v) is 6.99. The summed E-state index contributed by atoms with van der Waals surface area (Å²) < 4.78 is 11.0. The lowest BCUT2D eigenvalue weighted by Gasteiger charge is -2.15. The molecule has 0 saturated heterocycles. The highest BCUT2D eigenvalue weighted by atomic mass is 35.5. The van der Waals surface area contributed by atoms with Crippen LogP contribution in [0.15, 0.2) is 77.8 Å². The lowest BCUT2D eigenvalue weighted by atomic mass is 9.98. The van der Waals surface area contributed by atoms with Crippen molar-refractivity contribution in [3.05, 3.63) is 88.4 Å². The van der Waals surface area contributed by atoms with Gasteiger partial charge in [-0.3, -0.25) is 4.79 Å². The van der Waals surface area contributed by atoms with Crippen LogP contribution in [-0.4, -0.2) is 30.9 Å². The standard InChI is InChI=1S/C29H23Cl2N3O3S/c1-36-22-8-9-27(37-2)24(15-22)23-16-26(18-6-4-3-5-7-18)34-29(25(23)17-32)38-11-10-28(35)33-21-13-19(30)12-20(31)14-21/h3-9,12-16H,10-11H2,1-2H3,(H,33,35). The molecule has 0 aliphatic rings. The third-order valence-electron chi connectivity index (χ3n) is 5.58. The Kier molecular flexibility index (Phi) is 9.14. The summed E-state index contributed by atoms with van der Waals surface area (Å²) in [6.07, 6.45) is 0.189. The van der Waals surface area contributed by atoms with Gasteiger partial charge in [0.15, 0.2) is 0 Å². The average Bonchev–Trinajstić information content (AvgIpc) is 2.92. The molecule has 1 amide bonds. The van der Waals surface area contributed by atoms with Crippen LogP contribution in [0, 0.1) is 11.3 Å². The monoisotopic (exact) mass is 563 g/mol. The van der Waals surface area contributed by atoms with Gasteiger partial charge in [-0.15, -0.1) is 11.8 Å². The Hall–Kier alpha value is -3.70. The van der Waals surface area contributed by atoms with Gasteiger partial charge in [-0.1, -0.05) is 53.5 Å².